The minimum Gasteiger partial charge on any atom is -0.344 e. The van der Waals surface area contributed by atoms with E-state index >= 15 is 0 Å². The number of hydrogen-bond donors (Lipinski definition) is 0. The van der Waals surface area contributed by atoms with Crippen LogP contribution in [0.15, 0.2) is 39.2 Å². The summed E-state index contributed by atoms with van der Waals surface area (Å²) in [5, 5.41) is 3.38. The van der Waals surface area contributed by atoms with Crippen molar-refractivity contribution in [2.75, 3.05) is 13.6 Å². The van der Waals surface area contributed by atoms with Crippen LogP contribution >= 0.6 is 11.3 Å². The van der Waals surface area contributed by atoms with Crippen LogP contribution in [0.3, 0.4) is 0 Å². The Labute approximate surface area is 154 Å². The highest BCUT2D eigenvalue weighted by molar-refractivity contribution is 7.09. The van der Waals surface area contributed by atoms with Gasteiger partial charge in [0.25, 0.3) is 5.56 Å². The van der Waals surface area contributed by atoms with Gasteiger partial charge in [-0.15, -0.1) is 11.3 Å². The van der Waals surface area contributed by atoms with E-state index in [1.54, 1.807) is 47.5 Å². The number of amides is 1. The van der Waals surface area contributed by atoms with Crippen LogP contribution in [-0.2, 0) is 24.8 Å². The quantitative estimate of drug-likeness (QED) is 0.674. The number of carbonyl (C=O) groups excluding carboxylic acids is 1. The predicted octanol–water partition coefficient (Wildman–Crippen LogP) is 1.17. The Hall–Kier alpha value is -2.74. The molecule has 1 amide bonds. The lowest BCUT2D eigenvalue weighted by molar-refractivity contribution is -0.130. The minimum absolute atomic E-state index is 0.110. The van der Waals surface area contributed by atoms with Gasteiger partial charge in [0.05, 0.1) is 15.9 Å². The summed E-state index contributed by atoms with van der Waals surface area (Å²) in [6.07, 6.45) is 0.670. The molecule has 0 aliphatic carbocycles. The molecule has 0 atom stereocenters. The van der Waals surface area contributed by atoms with E-state index in [0.29, 0.717) is 23.9 Å². The van der Waals surface area contributed by atoms with Crippen molar-refractivity contribution in [1.82, 2.24) is 19.0 Å². The van der Waals surface area contributed by atoms with Gasteiger partial charge in [0.2, 0.25) is 5.91 Å². The fourth-order valence-corrected chi connectivity index (χ4v) is 3.52. The number of likely N-dealkylation sites (N-methyl/N-ethyl adjacent to an activating group) is 1. The summed E-state index contributed by atoms with van der Waals surface area (Å²) >= 11 is 1.57. The molecule has 1 aromatic carbocycles. The molecule has 0 aliphatic rings. The zero-order valence-electron chi connectivity index (χ0n) is 14.9. The molecular formula is C18H20N4O3S. The summed E-state index contributed by atoms with van der Waals surface area (Å²) < 4.78 is 2.39. The van der Waals surface area contributed by atoms with Crippen LogP contribution in [0.25, 0.3) is 10.9 Å². The number of para-hydroxylation sites is 1. The third-order valence-corrected chi connectivity index (χ3v) is 5.32. The molecule has 136 valence electrons. The highest BCUT2D eigenvalue weighted by atomic mass is 32.1. The monoisotopic (exact) mass is 372 g/mol. The molecule has 7 nitrogen and oxygen atoms in total. The first-order valence-electron chi connectivity index (χ1n) is 8.22. The summed E-state index contributed by atoms with van der Waals surface area (Å²) in [6.45, 7) is 2.34. The van der Waals surface area contributed by atoms with Gasteiger partial charge in [0, 0.05) is 38.1 Å². The smallest absolute Gasteiger partial charge is 0.331 e. The van der Waals surface area contributed by atoms with E-state index < -0.39 is 5.69 Å². The molecule has 0 radical (unpaired) electrons. The van der Waals surface area contributed by atoms with Gasteiger partial charge in [0.1, 0.15) is 6.54 Å². The SMILES string of the molecule is Cc1csc(CCN(C)C(=O)Cn2c(=O)n(C)c(=O)c3ccccc32)n1. The van der Waals surface area contributed by atoms with E-state index in [2.05, 4.69) is 4.98 Å². The molecule has 0 fully saturated rings. The average Bonchev–Trinajstić information content (AvgIpc) is 3.06. The first-order chi connectivity index (χ1) is 12.4. The first kappa shape index (κ1) is 18.1. The van der Waals surface area contributed by atoms with Crippen molar-refractivity contribution >= 4 is 28.1 Å². The summed E-state index contributed by atoms with van der Waals surface area (Å²) in [5.74, 6) is -0.191. The Bertz CT molecular complexity index is 1080. The summed E-state index contributed by atoms with van der Waals surface area (Å²) in [7, 11) is 3.13. The number of rotatable bonds is 5. The van der Waals surface area contributed by atoms with Crippen molar-refractivity contribution in [2.45, 2.75) is 19.9 Å². The van der Waals surface area contributed by atoms with Crippen LogP contribution in [0.5, 0.6) is 0 Å². The van der Waals surface area contributed by atoms with E-state index in [0.717, 1.165) is 15.3 Å². The molecule has 0 N–H and O–H groups in total. The zero-order chi connectivity index (χ0) is 18.8. The van der Waals surface area contributed by atoms with Crippen molar-refractivity contribution in [2.24, 2.45) is 7.05 Å². The Kier molecular flexibility index (Phi) is 5.03. The molecule has 3 aromatic rings. The van der Waals surface area contributed by atoms with E-state index in [-0.39, 0.29) is 18.0 Å². The van der Waals surface area contributed by atoms with Crippen molar-refractivity contribution < 1.29 is 4.79 Å². The molecule has 0 bridgehead atoms. The third kappa shape index (κ3) is 3.45. The topological polar surface area (TPSA) is 77.2 Å². The van der Waals surface area contributed by atoms with Crippen molar-refractivity contribution in [3.8, 4) is 0 Å². The standard InChI is InChI=1S/C18H20N4O3S/c1-12-11-26-15(19-12)8-9-20(2)16(23)10-22-14-7-5-4-6-13(14)17(24)21(3)18(22)25/h4-7,11H,8-10H2,1-3H3. The van der Waals surface area contributed by atoms with Crippen LogP contribution in [-0.4, -0.2) is 38.5 Å². The Morgan fingerprint density at radius 1 is 1.27 bits per heavy atom. The third-order valence-electron chi connectivity index (χ3n) is 4.29. The highest BCUT2D eigenvalue weighted by Gasteiger charge is 2.16. The molecule has 8 heteroatoms. The van der Waals surface area contributed by atoms with E-state index in [1.165, 1.54) is 11.6 Å². The number of nitrogens with zero attached hydrogens (tertiary/aromatic N) is 4. The summed E-state index contributed by atoms with van der Waals surface area (Å²) in [6, 6.07) is 6.83. The van der Waals surface area contributed by atoms with Crippen LogP contribution < -0.4 is 11.2 Å². The summed E-state index contributed by atoms with van der Waals surface area (Å²) in [5.41, 5.74) is 0.591. The van der Waals surface area contributed by atoms with Crippen LogP contribution in [0.1, 0.15) is 10.7 Å². The molecule has 0 unspecified atom stereocenters. The maximum Gasteiger partial charge on any atom is 0.331 e. The van der Waals surface area contributed by atoms with Crippen LogP contribution in [0.2, 0.25) is 0 Å². The van der Waals surface area contributed by atoms with Gasteiger partial charge in [-0.25, -0.2) is 9.78 Å². The maximum absolute atomic E-state index is 12.6. The molecule has 0 saturated heterocycles. The molecule has 0 spiro atoms. The normalized spacial score (nSPS) is 11.0. The van der Waals surface area contributed by atoms with E-state index in [9.17, 15) is 14.4 Å². The number of thiazole rings is 1. The molecule has 2 aromatic heterocycles. The van der Waals surface area contributed by atoms with Gasteiger partial charge in [-0.2, -0.15) is 0 Å². The van der Waals surface area contributed by atoms with Crippen molar-refractivity contribution in [1.29, 1.82) is 0 Å². The lowest BCUT2D eigenvalue weighted by Crippen LogP contribution is -2.41. The highest BCUT2D eigenvalue weighted by Crippen LogP contribution is 2.10. The molecule has 0 aliphatic heterocycles. The van der Waals surface area contributed by atoms with E-state index in [4.69, 9.17) is 0 Å². The fourth-order valence-electron chi connectivity index (χ4n) is 2.76. The number of benzene rings is 1. The van der Waals surface area contributed by atoms with Gasteiger partial charge in [-0.05, 0) is 19.1 Å². The van der Waals surface area contributed by atoms with Gasteiger partial charge < -0.3 is 4.90 Å². The second-order valence-corrected chi connectivity index (χ2v) is 7.14. The zero-order valence-corrected chi connectivity index (χ0v) is 15.7. The van der Waals surface area contributed by atoms with Gasteiger partial charge in [-0.1, -0.05) is 12.1 Å². The minimum atomic E-state index is -0.494. The van der Waals surface area contributed by atoms with Gasteiger partial charge in [-0.3, -0.25) is 18.7 Å². The van der Waals surface area contributed by atoms with Crippen LogP contribution in [0.4, 0.5) is 0 Å². The Morgan fingerprint density at radius 2 is 2.00 bits per heavy atom. The number of aromatic nitrogens is 3. The Morgan fingerprint density at radius 3 is 2.69 bits per heavy atom. The largest absolute Gasteiger partial charge is 0.344 e. The average molecular weight is 372 g/mol. The molecule has 2 heterocycles. The van der Waals surface area contributed by atoms with E-state index in [1.807, 2.05) is 12.3 Å². The lowest BCUT2D eigenvalue weighted by Gasteiger charge is -2.18. The van der Waals surface area contributed by atoms with Gasteiger partial charge >= 0.3 is 5.69 Å². The second kappa shape index (κ2) is 7.25. The summed E-state index contributed by atoms with van der Waals surface area (Å²) in [4.78, 5) is 43.3. The maximum atomic E-state index is 12.6. The van der Waals surface area contributed by atoms with Crippen molar-refractivity contribution in [3.05, 3.63) is 61.2 Å². The number of hydrogen-bond acceptors (Lipinski definition) is 5. The Balaban J connectivity index is 1.83. The number of carbonyl (C=O) groups is 1. The van der Waals surface area contributed by atoms with Crippen LogP contribution in [0, 0.1) is 6.92 Å². The second-order valence-electron chi connectivity index (χ2n) is 6.20. The number of aryl methyl sites for hydroxylation is 1. The van der Waals surface area contributed by atoms with Crippen molar-refractivity contribution in [3.63, 3.8) is 0 Å². The fraction of sp³-hybridized carbons (Fsp3) is 0.333. The molecular weight excluding hydrogens is 352 g/mol. The predicted molar refractivity (Wildman–Crippen MR) is 102 cm³/mol. The molecule has 26 heavy (non-hydrogen) atoms. The lowest BCUT2D eigenvalue weighted by atomic mass is 10.2. The molecule has 0 saturated carbocycles. The first-order valence-corrected chi connectivity index (χ1v) is 9.10. The molecule has 3 rings (SSSR count). The number of fused-ring (bicyclic) bond motifs is 1. The van der Waals surface area contributed by atoms with Gasteiger partial charge in [0.15, 0.2) is 0 Å².